The maximum absolute atomic E-state index is 11.0. The van der Waals surface area contributed by atoms with E-state index in [1.54, 1.807) is 6.92 Å². The first-order valence-electron chi connectivity index (χ1n) is 3.66. The number of thioether (sulfide) groups is 1. The van der Waals surface area contributed by atoms with Gasteiger partial charge in [0.05, 0.1) is 0 Å². The van der Waals surface area contributed by atoms with Crippen LogP contribution in [0.1, 0.15) is 13.3 Å². The van der Waals surface area contributed by atoms with Gasteiger partial charge in [-0.2, -0.15) is 11.8 Å². The van der Waals surface area contributed by atoms with Crippen LogP contribution in [0.25, 0.3) is 0 Å². The van der Waals surface area contributed by atoms with Gasteiger partial charge in [0.1, 0.15) is 0 Å². The van der Waals surface area contributed by atoms with Gasteiger partial charge in [0.25, 0.3) is 0 Å². The van der Waals surface area contributed by atoms with Gasteiger partial charge in [-0.05, 0) is 6.42 Å². The number of carbonyl (C=O) groups excluding carboxylic acids is 1. The number of hydrogen-bond donors (Lipinski definition) is 0. The number of fused-ring (bicyclic) bond motifs is 2. The van der Waals surface area contributed by atoms with Crippen LogP contribution in [-0.2, 0) is 4.79 Å². The van der Waals surface area contributed by atoms with Gasteiger partial charge in [-0.3, -0.25) is 4.79 Å². The van der Waals surface area contributed by atoms with Gasteiger partial charge in [-0.25, -0.2) is 0 Å². The van der Waals surface area contributed by atoms with Crippen molar-refractivity contribution in [3.05, 3.63) is 0 Å². The normalized spacial score (nSPS) is 37.1. The SMILES string of the molecule is CC(=O)N1C[C@H]2C[C@H]1CS2. The molecule has 0 spiro atoms. The number of carbonyl (C=O) groups is 1. The Balaban J connectivity index is 2.08. The molecule has 0 radical (unpaired) electrons. The van der Waals surface area contributed by atoms with E-state index in [0.717, 1.165) is 11.8 Å². The summed E-state index contributed by atoms with van der Waals surface area (Å²) in [5, 5.41) is 0.758. The van der Waals surface area contributed by atoms with Crippen LogP contribution < -0.4 is 0 Å². The molecule has 3 heteroatoms. The minimum absolute atomic E-state index is 0.257. The summed E-state index contributed by atoms with van der Waals surface area (Å²) < 4.78 is 0. The van der Waals surface area contributed by atoms with Crippen molar-refractivity contribution in [2.75, 3.05) is 12.3 Å². The third-order valence-electron chi connectivity index (χ3n) is 2.30. The van der Waals surface area contributed by atoms with Crippen LogP contribution in [0.15, 0.2) is 0 Å². The molecule has 2 atom stereocenters. The minimum Gasteiger partial charge on any atom is -0.338 e. The highest BCUT2D eigenvalue weighted by Gasteiger charge is 2.39. The number of amides is 1. The second-order valence-electron chi connectivity index (χ2n) is 3.02. The molecule has 2 aliphatic heterocycles. The topological polar surface area (TPSA) is 20.3 Å². The van der Waals surface area contributed by atoms with Crippen molar-refractivity contribution in [3.63, 3.8) is 0 Å². The molecule has 2 rings (SSSR count). The summed E-state index contributed by atoms with van der Waals surface area (Å²) >= 11 is 2.02. The summed E-state index contributed by atoms with van der Waals surface area (Å²) in [5.41, 5.74) is 0. The highest BCUT2D eigenvalue weighted by molar-refractivity contribution is 8.00. The summed E-state index contributed by atoms with van der Waals surface area (Å²) in [7, 11) is 0. The summed E-state index contributed by atoms with van der Waals surface area (Å²) in [6.07, 6.45) is 1.24. The van der Waals surface area contributed by atoms with E-state index in [1.165, 1.54) is 12.2 Å². The molecule has 56 valence electrons. The van der Waals surface area contributed by atoms with Gasteiger partial charge in [-0.1, -0.05) is 0 Å². The molecule has 2 bridgehead atoms. The van der Waals surface area contributed by atoms with E-state index in [0.29, 0.717) is 6.04 Å². The predicted octanol–water partition coefficient (Wildman–Crippen LogP) is 0.723. The Morgan fingerprint density at radius 1 is 1.70 bits per heavy atom. The Morgan fingerprint density at radius 2 is 2.50 bits per heavy atom. The average Bonchev–Trinajstić information content (AvgIpc) is 2.44. The first kappa shape index (κ1) is 6.53. The zero-order valence-corrected chi connectivity index (χ0v) is 6.86. The number of nitrogens with zero attached hydrogens (tertiary/aromatic N) is 1. The highest BCUT2D eigenvalue weighted by Crippen LogP contribution is 2.37. The Bertz CT molecular complexity index is 171. The maximum Gasteiger partial charge on any atom is 0.219 e. The van der Waals surface area contributed by atoms with Crippen LogP contribution in [-0.4, -0.2) is 34.4 Å². The van der Waals surface area contributed by atoms with E-state index in [4.69, 9.17) is 0 Å². The molecule has 0 saturated carbocycles. The molecule has 2 saturated heterocycles. The molecule has 0 aromatic carbocycles. The molecule has 0 aliphatic carbocycles. The third-order valence-corrected chi connectivity index (χ3v) is 3.70. The van der Waals surface area contributed by atoms with Crippen LogP contribution in [0.5, 0.6) is 0 Å². The van der Waals surface area contributed by atoms with Crippen molar-refractivity contribution >= 4 is 17.7 Å². The summed E-state index contributed by atoms with van der Waals surface area (Å²) in [4.78, 5) is 13.0. The number of hydrogen-bond acceptors (Lipinski definition) is 2. The first-order valence-corrected chi connectivity index (χ1v) is 4.71. The second kappa shape index (κ2) is 2.16. The van der Waals surface area contributed by atoms with E-state index in [9.17, 15) is 4.79 Å². The van der Waals surface area contributed by atoms with Gasteiger partial charge in [0, 0.05) is 30.5 Å². The fourth-order valence-electron chi connectivity index (χ4n) is 1.79. The van der Waals surface area contributed by atoms with Crippen LogP contribution in [0.2, 0.25) is 0 Å². The number of rotatable bonds is 0. The van der Waals surface area contributed by atoms with Crippen molar-refractivity contribution in [2.45, 2.75) is 24.6 Å². The standard InChI is InChI=1S/C7H11NOS/c1-5(9)8-3-7-2-6(8)4-10-7/h6-7H,2-4H2,1H3/t6-,7+/m0/s1. The molecular formula is C7H11NOS. The van der Waals surface area contributed by atoms with Gasteiger partial charge >= 0.3 is 0 Å². The lowest BCUT2D eigenvalue weighted by Gasteiger charge is -2.24. The molecule has 2 aliphatic rings. The molecule has 2 nitrogen and oxygen atoms in total. The summed E-state index contributed by atoms with van der Waals surface area (Å²) in [5.74, 6) is 1.43. The number of likely N-dealkylation sites (tertiary alicyclic amines) is 1. The fraction of sp³-hybridized carbons (Fsp3) is 0.857. The molecular weight excluding hydrogens is 146 g/mol. The quantitative estimate of drug-likeness (QED) is 0.516. The van der Waals surface area contributed by atoms with Gasteiger partial charge in [0.15, 0.2) is 0 Å². The second-order valence-corrected chi connectivity index (χ2v) is 4.35. The van der Waals surface area contributed by atoms with Crippen LogP contribution in [0.4, 0.5) is 0 Å². The largest absolute Gasteiger partial charge is 0.338 e. The summed E-state index contributed by atoms with van der Waals surface area (Å²) in [6, 6.07) is 0.576. The molecule has 2 fully saturated rings. The first-order chi connectivity index (χ1) is 4.77. The lowest BCUT2D eigenvalue weighted by molar-refractivity contribution is -0.129. The van der Waals surface area contributed by atoms with E-state index < -0.39 is 0 Å². The summed E-state index contributed by atoms with van der Waals surface area (Å²) in [6.45, 7) is 2.68. The zero-order chi connectivity index (χ0) is 7.14. The molecule has 0 N–H and O–H groups in total. The van der Waals surface area contributed by atoms with Gasteiger partial charge < -0.3 is 4.90 Å². The van der Waals surface area contributed by atoms with Gasteiger partial charge in [0.2, 0.25) is 5.91 Å². The van der Waals surface area contributed by atoms with Crippen molar-refractivity contribution in [2.24, 2.45) is 0 Å². The van der Waals surface area contributed by atoms with Crippen LogP contribution in [0, 0.1) is 0 Å². The third kappa shape index (κ3) is 0.839. The minimum atomic E-state index is 0.257. The van der Waals surface area contributed by atoms with Gasteiger partial charge in [-0.15, -0.1) is 0 Å². The molecule has 0 unspecified atom stereocenters. The molecule has 0 aromatic rings. The van der Waals surface area contributed by atoms with E-state index >= 15 is 0 Å². The monoisotopic (exact) mass is 157 g/mol. The smallest absolute Gasteiger partial charge is 0.219 e. The Morgan fingerprint density at radius 3 is 2.80 bits per heavy atom. The molecule has 1 amide bonds. The van der Waals surface area contributed by atoms with Crippen molar-refractivity contribution in [1.29, 1.82) is 0 Å². The van der Waals surface area contributed by atoms with Crippen LogP contribution in [0.3, 0.4) is 0 Å². The van der Waals surface area contributed by atoms with E-state index in [-0.39, 0.29) is 5.91 Å². The highest BCUT2D eigenvalue weighted by atomic mass is 32.2. The Labute approximate surface area is 65.0 Å². The predicted molar refractivity (Wildman–Crippen MR) is 42.0 cm³/mol. The molecule has 2 heterocycles. The average molecular weight is 157 g/mol. The van der Waals surface area contributed by atoms with E-state index in [2.05, 4.69) is 0 Å². The molecule has 10 heavy (non-hydrogen) atoms. The fourth-order valence-corrected chi connectivity index (χ4v) is 3.22. The Kier molecular flexibility index (Phi) is 1.41. The van der Waals surface area contributed by atoms with Crippen molar-refractivity contribution < 1.29 is 4.79 Å². The lowest BCUT2D eigenvalue weighted by atomic mass is 10.2. The van der Waals surface area contributed by atoms with Crippen LogP contribution >= 0.6 is 11.8 Å². The molecule has 0 aromatic heterocycles. The van der Waals surface area contributed by atoms with Crippen molar-refractivity contribution in [3.8, 4) is 0 Å². The van der Waals surface area contributed by atoms with Crippen molar-refractivity contribution in [1.82, 2.24) is 4.90 Å². The Hall–Kier alpha value is -0.180. The lowest BCUT2D eigenvalue weighted by Crippen LogP contribution is -2.37. The maximum atomic E-state index is 11.0. The van der Waals surface area contributed by atoms with E-state index in [1.807, 2.05) is 16.7 Å². The zero-order valence-electron chi connectivity index (χ0n) is 6.04.